The van der Waals surface area contributed by atoms with Gasteiger partial charge >= 0.3 is 5.97 Å². The van der Waals surface area contributed by atoms with Gasteiger partial charge < -0.3 is 4.74 Å². The van der Waals surface area contributed by atoms with Crippen molar-refractivity contribution in [2.75, 3.05) is 6.61 Å². The molecule has 0 aliphatic rings. The third-order valence-electron chi connectivity index (χ3n) is 0.912. The zero-order chi connectivity index (χ0) is 7.98. The van der Waals surface area contributed by atoms with Gasteiger partial charge in [0.25, 0.3) is 0 Å². The molecule has 0 heterocycles. The largest absolute Gasteiger partial charge is 0.451 e. The highest BCUT2D eigenvalue weighted by atomic mass is 35.5. The molecule has 2 nitrogen and oxygen atoms in total. The van der Waals surface area contributed by atoms with Crippen LogP contribution in [0.15, 0.2) is 0 Å². The number of halogens is 1. The first kappa shape index (κ1) is 9.32. The van der Waals surface area contributed by atoms with Gasteiger partial charge in [-0.1, -0.05) is 12.8 Å². The van der Waals surface area contributed by atoms with Gasteiger partial charge in [-0.25, -0.2) is 0 Å². The van der Waals surface area contributed by atoms with Crippen LogP contribution in [0.1, 0.15) is 13.3 Å². The van der Waals surface area contributed by atoms with Gasteiger partial charge in [0.1, 0.15) is 5.38 Å². The molecule has 1 atom stereocenters. The minimum Gasteiger partial charge on any atom is -0.451 e. The topological polar surface area (TPSA) is 26.3 Å². The summed E-state index contributed by atoms with van der Waals surface area (Å²) < 4.78 is 4.54. The Morgan fingerprint density at radius 2 is 2.50 bits per heavy atom. The molecule has 0 aromatic heterocycles. The second-order valence-corrected chi connectivity index (χ2v) is 2.21. The number of carbonyl (C=O) groups is 1. The van der Waals surface area contributed by atoms with Crippen molar-refractivity contribution in [3.63, 3.8) is 0 Å². The average molecular weight is 161 g/mol. The fourth-order valence-electron chi connectivity index (χ4n) is 0.370. The van der Waals surface area contributed by atoms with Crippen LogP contribution < -0.4 is 0 Å². The molecule has 0 amide bonds. The number of rotatable bonds is 3. The molecule has 1 unspecified atom stereocenters. The molecule has 0 aromatic rings. The van der Waals surface area contributed by atoms with Crippen molar-refractivity contribution >= 4 is 17.6 Å². The molecule has 0 radical (unpaired) electrons. The first-order chi connectivity index (χ1) is 4.72. The Morgan fingerprint density at radius 1 is 1.90 bits per heavy atom. The zero-order valence-corrected chi connectivity index (χ0v) is 6.52. The minimum atomic E-state index is -0.562. The van der Waals surface area contributed by atoms with Gasteiger partial charge in [-0.15, -0.1) is 18.0 Å². The van der Waals surface area contributed by atoms with E-state index in [4.69, 9.17) is 18.0 Å². The van der Waals surface area contributed by atoms with Crippen LogP contribution in [0.3, 0.4) is 0 Å². The van der Waals surface area contributed by atoms with Crippen molar-refractivity contribution in [2.24, 2.45) is 0 Å². The van der Waals surface area contributed by atoms with Crippen LogP contribution in [0.5, 0.6) is 0 Å². The van der Waals surface area contributed by atoms with Crippen molar-refractivity contribution in [1.29, 1.82) is 0 Å². The second-order valence-electron chi connectivity index (χ2n) is 1.69. The summed E-state index contributed by atoms with van der Waals surface area (Å²) in [6, 6.07) is 0. The summed E-state index contributed by atoms with van der Waals surface area (Å²) in [7, 11) is 0. The molecule has 3 heteroatoms. The third kappa shape index (κ3) is 3.37. The fraction of sp³-hybridized carbons (Fsp3) is 0.571. The van der Waals surface area contributed by atoms with Crippen molar-refractivity contribution < 1.29 is 9.53 Å². The van der Waals surface area contributed by atoms with Crippen LogP contribution in [0.4, 0.5) is 0 Å². The molecule has 0 aliphatic heterocycles. The Labute approximate surface area is 65.5 Å². The summed E-state index contributed by atoms with van der Waals surface area (Å²) in [4.78, 5) is 10.7. The first-order valence-electron chi connectivity index (χ1n) is 2.96. The fourth-order valence-corrected chi connectivity index (χ4v) is 0.433. The van der Waals surface area contributed by atoms with E-state index in [0.29, 0.717) is 6.42 Å². The molecule has 0 fully saturated rings. The van der Waals surface area contributed by atoms with Gasteiger partial charge in [-0.05, 0) is 6.42 Å². The summed E-state index contributed by atoms with van der Waals surface area (Å²) in [5.41, 5.74) is 0. The molecule has 0 saturated heterocycles. The third-order valence-corrected chi connectivity index (χ3v) is 1.40. The number of hydrogen-bond acceptors (Lipinski definition) is 2. The molecule has 0 N–H and O–H groups in total. The molecule has 0 saturated carbocycles. The van der Waals surface area contributed by atoms with Gasteiger partial charge in [0.15, 0.2) is 6.61 Å². The first-order valence-corrected chi connectivity index (χ1v) is 3.40. The molecule has 0 spiro atoms. The summed E-state index contributed by atoms with van der Waals surface area (Å²) in [6.45, 7) is 1.80. The summed E-state index contributed by atoms with van der Waals surface area (Å²) in [5.74, 6) is 1.73. The minimum absolute atomic E-state index is 0.00204. The molecule has 0 bridgehead atoms. The number of hydrogen-bond donors (Lipinski definition) is 0. The van der Waals surface area contributed by atoms with Crippen molar-refractivity contribution in [3.05, 3.63) is 0 Å². The lowest BCUT2D eigenvalue weighted by atomic mass is 10.3. The highest BCUT2D eigenvalue weighted by molar-refractivity contribution is 6.29. The maximum atomic E-state index is 10.7. The van der Waals surface area contributed by atoms with Gasteiger partial charge in [-0.2, -0.15) is 0 Å². The number of terminal acetylenes is 1. The van der Waals surface area contributed by atoms with Gasteiger partial charge in [0.2, 0.25) is 0 Å². The second kappa shape index (κ2) is 5.13. The number of alkyl halides is 1. The maximum Gasteiger partial charge on any atom is 0.324 e. The van der Waals surface area contributed by atoms with E-state index in [1.807, 2.05) is 0 Å². The normalized spacial score (nSPS) is 11.7. The SMILES string of the molecule is C#CCOC(=O)C(Cl)CC. The van der Waals surface area contributed by atoms with Crippen LogP contribution in [-0.4, -0.2) is 18.0 Å². The Bertz CT molecular complexity index is 148. The zero-order valence-electron chi connectivity index (χ0n) is 5.76. The van der Waals surface area contributed by atoms with E-state index in [2.05, 4.69) is 10.7 Å². The van der Waals surface area contributed by atoms with E-state index < -0.39 is 11.3 Å². The summed E-state index contributed by atoms with van der Waals surface area (Å²) >= 11 is 5.51. The van der Waals surface area contributed by atoms with Gasteiger partial charge in [0.05, 0.1) is 0 Å². The maximum absolute atomic E-state index is 10.7. The van der Waals surface area contributed by atoms with E-state index in [-0.39, 0.29) is 6.61 Å². The summed E-state index contributed by atoms with van der Waals surface area (Å²) in [6.07, 6.45) is 5.41. The monoisotopic (exact) mass is 160 g/mol. The van der Waals surface area contributed by atoms with E-state index in [1.165, 1.54) is 0 Å². The van der Waals surface area contributed by atoms with E-state index in [9.17, 15) is 4.79 Å². The number of carbonyl (C=O) groups excluding carboxylic acids is 1. The molecule has 0 aromatic carbocycles. The highest BCUT2D eigenvalue weighted by Gasteiger charge is 2.12. The van der Waals surface area contributed by atoms with Crippen molar-refractivity contribution in [1.82, 2.24) is 0 Å². The molecule has 56 valence electrons. The van der Waals surface area contributed by atoms with E-state index >= 15 is 0 Å². The molecule has 10 heavy (non-hydrogen) atoms. The predicted octanol–water partition coefficient (Wildman–Crippen LogP) is 1.18. The standard InChI is InChI=1S/C7H9ClO2/c1-3-5-10-7(9)6(8)4-2/h1,6H,4-5H2,2H3. The van der Waals surface area contributed by atoms with Crippen LogP contribution in [0.25, 0.3) is 0 Å². The van der Waals surface area contributed by atoms with Crippen LogP contribution in [0.2, 0.25) is 0 Å². The lowest BCUT2D eigenvalue weighted by molar-refractivity contribution is -0.141. The Hall–Kier alpha value is -0.680. The van der Waals surface area contributed by atoms with Crippen molar-refractivity contribution in [2.45, 2.75) is 18.7 Å². The summed E-state index contributed by atoms with van der Waals surface area (Å²) in [5, 5.41) is -0.562. The average Bonchev–Trinajstić information content (AvgIpc) is 1.98. The Morgan fingerprint density at radius 3 is 2.90 bits per heavy atom. The van der Waals surface area contributed by atoms with Crippen LogP contribution >= 0.6 is 11.6 Å². The smallest absolute Gasteiger partial charge is 0.324 e. The highest BCUT2D eigenvalue weighted by Crippen LogP contribution is 2.02. The molecule has 0 aliphatic carbocycles. The molecular formula is C7H9ClO2. The van der Waals surface area contributed by atoms with Gasteiger partial charge in [-0.3, -0.25) is 4.79 Å². The Balaban J connectivity index is 3.54. The predicted molar refractivity (Wildman–Crippen MR) is 39.7 cm³/mol. The van der Waals surface area contributed by atoms with Gasteiger partial charge in [0, 0.05) is 0 Å². The quantitative estimate of drug-likeness (QED) is 0.352. The van der Waals surface area contributed by atoms with Crippen LogP contribution in [-0.2, 0) is 9.53 Å². The lowest BCUT2D eigenvalue weighted by Crippen LogP contribution is -2.16. The van der Waals surface area contributed by atoms with E-state index in [0.717, 1.165) is 0 Å². The number of ether oxygens (including phenoxy) is 1. The van der Waals surface area contributed by atoms with Crippen LogP contribution in [0, 0.1) is 12.3 Å². The van der Waals surface area contributed by atoms with Crippen molar-refractivity contribution in [3.8, 4) is 12.3 Å². The molecule has 0 rings (SSSR count). The molecular weight excluding hydrogens is 152 g/mol. The number of esters is 1. The van der Waals surface area contributed by atoms with E-state index in [1.54, 1.807) is 6.92 Å². The Kier molecular flexibility index (Phi) is 4.78. The lowest BCUT2D eigenvalue weighted by Gasteiger charge is -2.03.